The largest absolute Gasteiger partial charge is 0.447 e. The Bertz CT molecular complexity index is 966. The molecule has 30 heavy (non-hydrogen) atoms. The van der Waals surface area contributed by atoms with Crippen molar-refractivity contribution in [3.63, 3.8) is 0 Å². The van der Waals surface area contributed by atoms with Gasteiger partial charge in [0.05, 0.1) is 16.6 Å². The molecule has 1 aliphatic rings. The van der Waals surface area contributed by atoms with Gasteiger partial charge in [-0.25, -0.2) is 13.2 Å². The van der Waals surface area contributed by atoms with Crippen LogP contribution in [0.25, 0.3) is 0 Å². The summed E-state index contributed by atoms with van der Waals surface area (Å²) in [7, 11) is -3.88. The predicted molar refractivity (Wildman–Crippen MR) is 115 cm³/mol. The summed E-state index contributed by atoms with van der Waals surface area (Å²) in [5, 5.41) is 11.8. The molecular weight excluding hydrogens is 428 g/mol. The number of aryl methyl sites for hydroxylation is 1. The summed E-state index contributed by atoms with van der Waals surface area (Å²) in [5.74, 6) is 0. The van der Waals surface area contributed by atoms with Crippen LogP contribution in [0, 0.1) is 0 Å². The van der Waals surface area contributed by atoms with E-state index in [9.17, 15) is 13.2 Å². The number of ether oxygens (including phenoxy) is 1. The number of amides is 1. The van der Waals surface area contributed by atoms with Crippen molar-refractivity contribution in [2.45, 2.75) is 36.6 Å². The lowest BCUT2D eigenvalue weighted by atomic mass is 9.98. The van der Waals surface area contributed by atoms with Gasteiger partial charge in [-0.15, -0.1) is 0 Å². The van der Waals surface area contributed by atoms with Crippen molar-refractivity contribution in [2.24, 2.45) is 0 Å². The first kappa shape index (κ1) is 22.4. The van der Waals surface area contributed by atoms with E-state index in [0.717, 1.165) is 5.56 Å². The van der Waals surface area contributed by atoms with Crippen LogP contribution in [0.4, 0.5) is 10.5 Å². The van der Waals surface area contributed by atoms with Gasteiger partial charge >= 0.3 is 6.09 Å². The Hall–Kier alpha value is -2.29. The number of nitrogens with zero attached hydrogens (tertiary/aromatic N) is 1. The molecule has 0 saturated carbocycles. The number of aliphatic hydroxyl groups is 1. The Morgan fingerprint density at radius 1 is 1.17 bits per heavy atom. The molecule has 1 heterocycles. The van der Waals surface area contributed by atoms with Gasteiger partial charge < -0.3 is 15.2 Å². The number of sulfonamides is 1. The Labute approximate surface area is 181 Å². The van der Waals surface area contributed by atoms with Crippen molar-refractivity contribution in [1.29, 1.82) is 0 Å². The van der Waals surface area contributed by atoms with Gasteiger partial charge in [0.25, 0.3) is 10.0 Å². The SMILES string of the molecule is O=C(NCCCCO)OCC1CCc2ccccc2N1S(=O)(=O)c1ccc(Cl)cc1. The van der Waals surface area contributed by atoms with E-state index < -0.39 is 22.2 Å². The molecule has 1 amide bonds. The van der Waals surface area contributed by atoms with Crippen molar-refractivity contribution in [2.75, 3.05) is 24.1 Å². The van der Waals surface area contributed by atoms with E-state index in [1.54, 1.807) is 12.1 Å². The number of hydrogen-bond acceptors (Lipinski definition) is 5. The molecule has 7 nitrogen and oxygen atoms in total. The topological polar surface area (TPSA) is 95.9 Å². The minimum Gasteiger partial charge on any atom is -0.447 e. The Morgan fingerprint density at radius 2 is 1.90 bits per heavy atom. The minimum absolute atomic E-state index is 0.0625. The van der Waals surface area contributed by atoms with Crippen LogP contribution in [0.2, 0.25) is 5.02 Å². The summed E-state index contributed by atoms with van der Waals surface area (Å²) < 4.78 is 33.6. The van der Waals surface area contributed by atoms with Crippen molar-refractivity contribution < 1.29 is 23.1 Å². The van der Waals surface area contributed by atoms with Crippen molar-refractivity contribution in [1.82, 2.24) is 5.32 Å². The smallest absolute Gasteiger partial charge is 0.407 e. The molecule has 2 aromatic rings. The van der Waals surface area contributed by atoms with Gasteiger partial charge in [0.1, 0.15) is 6.61 Å². The van der Waals surface area contributed by atoms with Crippen molar-refractivity contribution >= 4 is 33.4 Å². The highest BCUT2D eigenvalue weighted by Crippen LogP contribution is 2.35. The highest BCUT2D eigenvalue weighted by Gasteiger charge is 2.36. The molecule has 9 heteroatoms. The lowest BCUT2D eigenvalue weighted by Gasteiger charge is -2.37. The normalized spacial score (nSPS) is 16.1. The van der Waals surface area contributed by atoms with Gasteiger partial charge in [0, 0.05) is 18.2 Å². The zero-order valence-corrected chi connectivity index (χ0v) is 18.0. The van der Waals surface area contributed by atoms with Gasteiger partial charge in [-0.05, 0) is 61.6 Å². The van der Waals surface area contributed by atoms with E-state index in [1.165, 1.54) is 28.6 Å². The standard InChI is InChI=1S/C21H25ClN2O5S/c22-17-8-11-19(12-9-17)30(27,28)24-18(10-7-16-5-1-2-6-20(16)24)15-29-21(26)23-13-3-4-14-25/h1-2,5-6,8-9,11-12,18,25H,3-4,7,10,13-15H2,(H,23,26). The van der Waals surface area contributed by atoms with Crippen LogP contribution < -0.4 is 9.62 Å². The van der Waals surface area contributed by atoms with E-state index >= 15 is 0 Å². The third-order valence-electron chi connectivity index (χ3n) is 4.94. The molecule has 0 aromatic heterocycles. The number of anilines is 1. The summed E-state index contributed by atoms with van der Waals surface area (Å²) in [5.41, 5.74) is 1.52. The number of para-hydroxylation sites is 1. The molecule has 0 radical (unpaired) electrons. The number of rotatable bonds is 8. The van der Waals surface area contributed by atoms with Crippen LogP contribution in [-0.4, -0.2) is 45.4 Å². The monoisotopic (exact) mass is 452 g/mol. The fourth-order valence-corrected chi connectivity index (χ4v) is 5.25. The van der Waals surface area contributed by atoms with Gasteiger partial charge in [-0.1, -0.05) is 29.8 Å². The summed E-state index contributed by atoms with van der Waals surface area (Å²) in [6.45, 7) is 0.391. The van der Waals surface area contributed by atoms with E-state index in [0.29, 0.717) is 42.9 Å². The van der Waals surface area contributed by atoms with Gasteiger partial charge in [-0.2, -0.15) is 0 Å². The maximum Gasteiger partial charge on any atom is 0.407 e. The summed E-state index contributed by atoms with van der Waals surface area (Å²) in [4.78, 5) is 12.1. The molecule has 0 spiro atoms. The number of hydrogen-bond donors (Lipinski definition) is 2. The highest BCUT2D eigenvalue weighted by atomic mass is 35.5. The first-order chi connectivity index (χ1) is 14.4. The van der Waals surface area contributed by atoms with Crippen molar-refractivity contribution in [3.8, 4) is 0 Å². The number of fused-ring (bicyclic) bond motifs is 1. The molecule has 2 aromatic carbocycles. The first-order valence-electron chi connectivity index (χ1n) is 9.83. The first-order valence-corrected chi connectivity index (χ1v) is 11.6. The average molecular weight is 453 g/mol. The fourth-order valence-electron chi connectivity index (χ4n) is 3.42. The van der Waals surface area contributed by atoms with Crippen LogP contribution in [0.1, 0.15) is 24.8 Å². The Balaban J connectivity index is 1.80. The van der Waals surface area contributed by atoms with Crippen LogP contribution in [0.15, 0.2) is 53.4 Å². The summed E-state index contributed by atoms with van der Waals surface area (Å²) in [6.07, 6.45) is 1.85. The number of halogens is 1. The molecule has 1 aliphatic heterocycles. The Kier molecular flexibility index (Phi) is 7.58. The summed E-state index contributed by atoms with van der Waals surface area (Å²) in [6, 6.07) is 12.8. The Morgan fingerprint density at radius 3 is 2.63 bits per heavy atom. The van der Waals surface area contributed by atoms with Crippen molar-refractivity contribution in [3.05, 3.63) is 59.1 Å². The second kappa shape index (κ2) is 10.1. The molecular formula is C21H25ClN2O5S. The maximum atomic E-state index is 13.5. The number of unbranched alkanes of at least 4 members (excludes halogenated alkanes) is 1. The van der Waals surface area contributed by atoms with Gasteiger partial charge in [0.2, 0.25) is 0 Å². The quantitative estimate of drug-likeness (QED) is 0.599. The minimum atomic E-state index is -3.88. The lowest BCUT2D eigenvalue weighted by Crippen LogP contribution is -2.47. The average Bonchev–Trinajstić information content (AvgIpc) is 2.75. The number of benzene rings is 2. The van der Waals surface area contributed by atoms with Crippen LogP contribution in [0.5, 0.6) is 0 Å². The highest BCUT2D eigenvalue weighted by molar-refractivity contribution is 7.92. The van der Waals surface area contributed by atoms with E-state index in [2.05, 4.69) is 5.32 Å². The molecule has 2 N–H and O–H groups in total. The molecule has 0 bridgehead atoms. The zero-order chi connectivity index (χ0) is 21.6. The number of carbonyl (C=O) groups is 1. The number of nitrogens with one attached hydrogen (secondary N) is 1. The summed E-state index contributed by atoms with van der Waals surface area (Å²) >= 11 is 5.92. The molecule has 162 valence electrons. The zero-order valence-electron chi connectivity index (χ0n) is 16.5. The molecule has 0 fully saturated rings. The van der Waals surface area contributed by atoms with Crippen LogP contribution in [0.3, 0.4) is 0 Å². The van der Waals surface area contributed by atoms with Gasteiger partial charge in [0.15, 0.2) is 0 Å². The number of carbonyl (C=O) groups excluding carboxylic acids is 1. The molecule has 3 rings (SSSR count). The van der Waals surface area contributed by atoms with Crippen LogP contribution >= 0.6 is 11.6 Å². The molecule has 1 unspecified atom stereocenters. The maximum absolute atomic E-state index is 13.5. The van der Waals surface area contributed by atoms with E-state index in [4.69, 9.17) is 21.4 Å². The lowest BCUT2D eigenvalue weighted by molar-refractivity contribution is 0.137. The molecule has 0 saturated heterocycles. The van der Waals surface area contributed by atoms with Gasteiger partial charge in [-0.3, -0.25) is 4.31 Å². The fraction of sp³-hybridized carbons (Fsp3) is 0.381. The number of alkyl carbamates (subject to hydrolysis) is 1. The number of aliphatic hydroxyl groups excluding tert-OH is 1. The third kappa shape index (κ3) is 5.24. The van der Waals surface area contributed by atoms with E-state index in [1.807, 2.05) is 12.1 Å². The molecule has 1 atom stereocenters. The van der Waals surface area contributed by atoms with E-state index in [-0.39, 0.29) is 18.1 Å². The predicted octanol–water partition coefficient (Wildman–Crippen LogP) is 3.35. The second-order valence-electron chi connectivity index (χ2n) is 7.03. The third-order valence-corrected chi connectivity index (χ3v) is 7.07. The second-order valence-corrected chi connectivity index (χ2v) is 9.28. The molecule has 0 aliphatic carbocycles. The van der Waals surface area contributed by atoms with Crippen LogP contribution in [-0.2, 0) is 21.2 Å².